The average Bonchev–Trinajstić information content (AvgIpc) is 2.73. The fourth-order valence-corrected chi connectivity index (χ4v) is 2.83. The van der Waals surface area contributed by atoms with Crippen molar-refractivity contribution in [3.05, 3.63) is 95.8 Å². The van der Waals surface area contributed by atoms with Gasteiger partial charge in [0.2, 0.25) is 11.0 Å². The van der Waals surface area contributed by atoms with E-state index < -0.39 is 13.2 Å². The Labute approximate surface area is 174 Å². The lowest BCUT2D eigenvalue weighted by Crippen LogP contribution is -2.70. The van der Waals surface area contributed by atoms with E-state index in [1.54, 1.807) is 24.3 Å². The Hall–Kier alpha value is -3.88. The normalized spacial score (nSPS) is 11.7. The molecule has 3 aromatic carbocycles. The van der Waals surface area contributed by atoms with Gasteiger partial charge in [0.25, 0.3) is 0 Å². The maximum Gasteiger partial charge on any atom is 0.673 e. The molecule has 2 N–H and O–H groups in total. The number of nitrogens with one attached hydrogen (secondary N) is 1. The van der Waals surface area contributed by atoms with Gasteiger partial charge >= 0.3 is 13.2 Å². The van der Waals surface area contributed by atoms with Gasteiger partial charge in [0, 0.05) is 17.7 Å². The fraction of sp³-hybridized carbons (Fsp3) is 0. The Kier molecular flexibility index (Phi) is 6.54. The number of carbonyl (C=O) groups is 1. The van der Waals surface area contributed by atoms with Gasteiger partial charge < -0.3 is 26.8 Å². The van der Waals surface area contributed by atoms with E-state index in [0.717, 1.165) is 33.3 Å². The quantitative estimate of drug-likeness (QED) is 0.375. The number of aromatic carboxylic acids is 1. The monoisotopic (exact) mass is 429 g/mol. The molecule has 0 fully saturated rings. The summed E-state index contributed by atoms with van der Waals surface area (Å²) in [6.07, 6.45) is 0. The molecule has 4 nitrogen and oxygen atoms in total. The summed E-state index contributed by atoms with van der Waals surface area (Å²) < 4.78 is 45.1. The van der Waals surface area contributed by atoms with Crippen LogP contribution in [-0.2, 0) is 0 Å². The van der Waals surface area contributed by atoms with Gasteiger partial charge in [-0.05, 0) is 24.3 Å². The summed E-state index contributed by atoms with van der Waals surface area (Å²) in [4.78, 5) is 14.4. The topological polar surface area (TPSA) is 64.4 Å². The number of carboxylic acids is 1. The molecule has 0 aliphatic carbocycles. The Balaban J connectivity index is 0.000000491. The molecule has 0 radical (unpaired) electrons. The highest BCUT2D eigenvalue weighted by Gasteiger charge is 2.20. The van der Waals surface area contributed by atoms with Crippen molar-refractivity contribution < 1.29 is 36.6 Å². The third kappa shape index (κ3) is 6.30. The maximum absolute atomic E-state index is 11.0. The molecular weight excluding hydrogens is 413 g/mol. The van der Waals surface area contributed by atoms with Crippen molar-refractivity contribution in [1.82, 2.24) is 0 Å². The number of carboxylic acid groups (broad SMARTS) is 1. The largest absolute Gasteiger partial charge is 0.673 e. The maximum atomic E-state index is 11.0. The third-order valence-corrected chi connectivity index (χ3v) is 4.14. The molecule has 0 aliphatic heterocycles. The molecule has 0 amide bonds. The van der Waals surface area contributed by atoms with Crippen molar-refractivity contribution >= 4 is 29.9 Å². The van der Waals surface area contributed by atoms with E-state index in [1.165, 1.54) is 0 Å². The van der Waals surface area contributed by atoms with Crippen LogP contribution in [-0.4, -0.2) is 18.3 Å². The lowest BCUT2D eigenvalue weighted by molar-refractivity contribution is -0.400. The zero-order valence-corrected chi connectivity index (χ0v) is 15.9. The molecule has 0 spiro atoms. The van der Waals surface area contributed by atoms with E-state index in [9.17, 15) is 22.1 Å². The number of hydrogen-bond donors (Lipinski definition) is 2. The van der Waals surface area contributed by atoms with Crippen LogP contribution >= 0.6 is 0 Å². The summed E-state index contributed by atoms with van der Waals surface area (Å²) in [5.74, 6) is -0.180. The fourth-order valence-electron chi connectivity index (χ4n) is 2.83. The molecule has 4 rings (SSSR count). The highest BCUT2D eigenvalue weighted by Crippen LogP contribution is 2.21. The van der Waals surface area contributed by atoms with E-state index >= 15 is 0 Å². The second-order valence-electron chi connectivity index (χ2n) is 6.39. The molecule has 0 atom stereocenters. The minimum Gasteiger partial charge on any atom is -0.478 e. The zero-order valence-electron chi connectivity index (χ0n) is 15.9. The molecule has 1 heterocycles. The molecule has 1 aromatic heterocycles. The van der Waals surface area contributed by atoms with Crippen LogP contribution in [0.4, 0.5) is 23.0 Å². The molecular formula is C22H16BF4NO3. The Morgan fingerprint density at radius 3 is 2.03 bits per heavy atom. The van der Waals surface area contributed by atoms with E-state index in [4.69, 9.17) is 9.52 Å². The second kappa shape index (κ2) is 9.29. The number of halogens is 4. The van der Waals surface area contributed by atoms with Gasteiger partial charge in [-0.3, -0.25) is 0 Å². The van der Waals surface area contributed by atoms with E-state index in [2.05, 4.69) is 4.99 Å². The van der Waals surface area contributed by atoms with Gasteiger partial charge in [-0.15, -0.1) is 0 Å². The van der Waals surface area contributed by atoms with Crippen molar-refractivity contribution in [2.24, 2.45) is 0 Å². The molecule has 31 heavy (non-hydrogen) atoms. The Morgan fingerprint density at radius 1 is 0.839 bits per heavy atom. The summed E-state index contributed by atoms with van der Waals surface area (Å²) >= 11 is 0. The van der Waals surface area contributed by atoms with Gasteiger partial charge in [-0.1, -0.05) is 42.5 Å². The first-order chi connectivity index (χ1) is 14.7. The highest BCUT2D eigenvalue weighted by molar-refractivity contribution is 6.50. The third-order valence-electron chi connectivity index (χ3n) is 4.14. The molecule has 0 aliphatic rings. The number of hydrogen-bond acceptors (Lipinski definition) is 2. The molecule has 0 bridgehead atoms. The second-order valence-corrected chi connectivity index (χ2v) is 6.39. The van der Waals surface area contributed by atoms with Crippen LogP contribution < -0.4 is 10.3 Å². The zero-order chi connectivity index (χ0) is 22.4. The number of para-hydroxylation sites is 1. The van der Waals surface area contributed by atoms with Crippen LogP contribution in [0.15, 0.2) is 89.3 Å². The van der Waals surface area contributed by atoms with Crippen LogP contribution in [0.2, 0.25) is 0 Å². The number of benzene rings is 3. The van der Waals surface area contributed by atoms with Crippen LogP contribution in [0.1, 0.15) is 10.4 Å². The molecule has 0 saturated heterocycles. The molecule has 0 saturated carbocycles. The van der Waals surface area contributed by atoms with Crippen molar-refractivity contribution in [3.8, 4) is 11.3 Å². The molecule has 158 valence electrons. The van der Waals surface area contributed by atoms with Crippen LogP contribution in [0.5, 0.6) is 0 Å². The first-order valence-electron chi connectivity index (χ1n) is 9.10. The van der Waals surface area contributed by atoms with Gasteiger partial charge in [-0.25, -0.2) is 9.79 Å². The summed E-state index contributed by atoms with van der Waals surface area (Å²) in [7, 11) is -6.00. The van der Waals surface area contributed by atoms with E-state index in [1.807, 2.05) is 60.7 Å². The summed E-state index contributed by atoms with van der Waals surface area (Å²) in [5.41, 5.74) is 2.83. The number of rotatable bonds is 3. The van der Waals surface area contributed by atoms with Gasteiger partial charge in [0.05, 0.1) is 17.0 Å². The predicted molar refractivity (Wildman–Crippen MR) is 109 cm³/mol. The minimum absolute atomic E-state index is 0.258. The smallest absolute Gasteiger partial charge is 0.478 e. The minimum atomic E-state index is -6.00. The van der Waals surface area contributed by atoms with Gasteiger partial charge in [0.1, 0.15) is 11.3 Å². The molecule has 9 heteroatoms. The van der Waals surface area contributed by atoms with Crippen molar-refractivity contribution in [2.45, 2.75) is 0 Å². The van der Waals surface area contributed by atoms with Gasteiger partial charge in [0.15, 0.2) is 0 Å². The SMILES string of the molecule is F[B-](F)(F)F.O=C(O)c1ccc([NH+]=c2cc(-c3ccccc3)oc3ccccc23)cc1. The first kappa shape index (κ1) is 21.8. The highest BCUT2D eigenvalue weighted by atomic mass is 19.5. The van der Waals surface area contributed by atoms with Crippen molar-refractivity contribution in [3.63, 3.8) is 0 Å². The standard InChI is InChI=1S/C22H15NO3.BF4/c24-22(25)16-10-12-17(13-11-16)23-19-14-21(15-6-2-1-3-7-15)26-20-9-5-4-8-18(19)20;2-1(3,4)5/h1-14H,(H,24,25);/q;-1/p+1. The van der Waals surface area contributed by atoms with E-state index in [-0.39, 0.29) is 5.56 Å². The predicted octanol–water partition coefficient (Wildman–Crippen LogP) is 4.41. The lowest BCUT2D eigenvalue weighted by atomic mass is 10.1. The van der Waals surface area contributed by atoms with Crippen molar-refractivity contribution in [2.75, 3.05) is 0 Å². The first-order valence-corrected chi connectivity index (χ1v) is 9.10. The summed E-state index contributed by atoms with van der Waals surface area (Å²) in [6.45, 7) is 0. The van der Waals surface area contributed by atoms with Crippen LogP contribution in [0, 0.1) is 0 Å². The number of fused-ring (bicyclic) bond motifs is 1. The molecule has 0 unspecified atom stereocenters. The van der Waals surface area contributed by atoms with Gasteiger partial charge in [-0.2, -0.15) is 0 Å². The average molecular weight is 429 g/mol. The summed E-state index contributed by atoms with van der Waals surface area (Å²) in [6, 6.07) is 26.3. The Morgan fingerprint density at radius 2 is 1.42 bits per heavy atom. The van der Waals surface area contributed by atoms with E-state index in [0.29, 0.717) is 0 Å². The molecule has 4 aromatic rings. The Bertz CT molecular complexity index is 1250. The van der Waals surface area contributed by atoms with Crippen LogP contribution in [0.3, 0.4) is 0 Å². The van der Waals surface area contributed by atoms with Crippen molar-refractivity contribution in [1.29, 1.82) is 0 Å². The lowest BCUT2D eigenvalue weighted by Gasteiger charge is -2.02. The summed E-state index contributed by atoms with van der Waals surface area (Å²) in [5, 5.41) is 10.9. The van der Waals surface area contributed by atoms with Crippen LogP contribution in [0.25, 0.3) is 22.3 Å².